The van der Waals surface area contributed by atoms with Gasteiger partial charge in [0, 0.05) is 39.5 Å². The van der Waals surface area contributed by atoms with Crippen LogP contribution in [0.25, 0.3) is 60.1 Å². The summed E-state index contributed by atoms with van der Waals surface area (Å²) in [6, 6.07) is 72.3. The molecular formula is C68H56N2. The first kappa shape index (κ1) is 43.1. The predicted molar refractivity (Wildman–Crippen MR) is 300 cm³/mol. The maximum Gasteiger partial charge on any atom is 0.0540 e. The largest absolute Gasteiger partial charge is 0.313 e. The highest BCUT2D eigenvalue weighted by molar-refractivity contribution is 6.28. The van der Waals surface area contributed by atoms with Gasteiger partial charge in [-0.1, -0.05) is 188 Å². The van der Waals surface area contributed by atoms with Crippen LogP contribution in [-0.2, 0) is 0 Å². The number of hydrogen-bond acceptors (Lipinski definition) is 2. The first-order valence-electron chi connectivity index (χ1n) is 24.9. The van der Waals surface area contributed by atoms with Crippen LogP contribution in [0.1, 0.15) is 58.6 Å². The zero-order chi connectivity index (χ0) is 47.3. The van der Waals surface area contributed by atoms with Gasteiger partial charge in [0.25, 0.3) is 0 Å². The van der Waals surface area contributed by atoms with Crippen molar-refractivity contribution in [2.75, 3.05) is 9.80 Å². The van der Waals surface area contributed by atoms with E-state index in [-0.39, 0.29) is 5.92 Å². The van der Waals surface area contributed by atoms with Gasteiger partial charge in [0.15, 0.2) is 0 Å². The third-order valence-corrected chi connectivity index (χ3v) is 14.9. The third-order valence-electron chi connectivity index (χ3n) is 14.9. The van der Waals surface area contributed by atoms with Crippen LogP contribution in [0.15, 0.2) is 236 Å². The Labute approximate surface area is 412 Å². The molecule has 0 fully saturated rings. The molecule has 70 heavy (non-hydrogen) atoms. The molecular weight excluding hydrogens is 845 g/mol. The summed E-state index contributed by atoms with van der Waals surface area (Å²) < 4.78 is 0. The van der Waals surface area contributed by atoms with E-state index < -0.39 is 0 Å². The van der Waals surface area contributed by atoms with Crippen molar-refractivity contribution in [2.45, 2.75) is 52.9 Å². The van der Waals surface area contributed by atoms with E-state index in [9.17, 15) is 0 Å². The Balaban J connectivity index is 1.09. The fourth-order valence-corrected chi connectivity index (χ4v) is 11.3. The summed E-state index contributed by atoms with van der Waals surface area (Å²) in [5, 5.41) is 7.55. The van der Waals surface area contributed by atoms with E-state index in [0.29, 0.717) is 0 Å². The van der Waals surface area contributed by atoms with Gasteiger partial charge in [-0.3, -0.25) is 0 Å². The van der Waals surface area contributed by atoms with E-state index in [0.717, 1.165) is 19.3 Å². The molecule has 0 saturated carbocycles. The highest BCUT2D eigenvalue weighted by Crippen LogP contribution is 2.49. The molecule has 0 spiro atoms. The van der Waals surface area contributed by atoms with Gasteiger partial charge in [-0.2, -0.15) is 0 Å². The maximum atomic E-state index is 2.59. The van der Waals surface area contributed by atoms with Crippen molar-refractivity contribution in [3.8, 4) is 22.3 Å². The van der Waals surface area contributed by atoms with E-state index in [1.54, 1.807) is 0 Å². The Morgan fingerprint density at radius 1 is 0.443 bits per heavy atom. The molecule has 1 unspecified atom stereocenters. The molecule has 2 aliphatic carbocycles. The minimum Gasteiger partial charge on any atom is -0.313 e. The number of aryl methyl sites for hydroxylation is 4. The monoisotopic (exact) mass is 900 g/mol. The highest BCUT2D eigenvalue weighted by Gasteiger charge is 2.27. The zero-order valence-corrected chi connectivity index (χ0v) is 40.5. The Hall–Kier alpha value is -8.20. The van der Waals surface area contributed by atoms with Crippen LogP contribution in [0.5, 0.6) is 0 Å². The SMILES string of the molecule is Cc1ccccc1-c1ccc(C)c(N(C2=CC(c3ccccc3)CC=C2)c2ccc3ccc4c(N(C5=CC(c6ccccc6)=CCC5)c5cc(-c6ccccc6C)ccc5C)ccc5ccc2c3c54)c1. The van der Waals surface area contributed by atoms with Crippen molar-refractivity contribution in [1.82, 2.24) is 0 Å². The van der Waals surface area contributed by atoms with E-state index in [1.807, 2.05) is 0 Å². The molecule has 10 aromatic rings. The first-order chi connectivity index (χ1) is 34.4. The van der Waals surface area contributed by atoms with Gasteiger partial charge in [-0.05, 0) is 166 Å². The quantitative estimate of drug-likeness (QED) is 0.126. The van der Waals surface area contributed by atoms with Crippen LogP contribution in [-0.4, -0.2) is 0 Å². The van der Waals surface area contributed by atoms with Crippen molar-refractivity contribution >= 4 is 60.6 Å². The maximum absolute atomic E-state index is 2.59. The summed E-state index contributed by atoms with van der Waals surface area (Å²) in [7, 11) is 0. The molecule has 0 aromatic heterocycles. The molecule has 0 amide bonds. The second-order valence-electron chi connectivity index (χ2n) is 19.3. The van der Waals surface area contributed by atoms with Crippen LogP contribution in [0.3, 0.4) is 0 Å². The minimum atomic E-state index is 0.260. The average molecular weight is 901 g/mol. The molecule has 0 heterocycles. The van der Waals surface area contributed by atoms with E-state index in [2.05, 4.69) is 262 Å². The standard InChI is InChI=1S/C68H56N2/c1-45-17-11-13-27-59(45)55-31-29-47(3)65(43-55)69(57-25-15-23-53(41-57)49-19-7-5-8-20-49)63-39-35-51-34-38-62-64(40-36-52-33-37-61(63)67(51)68(52)62)70(58-26-16-24-54(42-58)50-21-9-6-10-22-50)66-44-56(32-30-48(66)4)60-28-14-12-18-46(60)2/h5-15,17-22,24-25,27-44,53H,16,23,26H2,1-4H3. The second-order valence-corrected chi connectivity index (χ2v) is 19.3. The van der Waals surface area contributed by atoms with E-state index >= 15 is 0 Å². The number of nitrogens with zero attached hydrogens (tertiary/aromatic N) is 2. The molecule has 0 aliphatic heterocycles. The van der Waals surface area contributed by atoms with Gasteiger partial charge in [-0.25, -0.2) is 0 Å². The average Bonchev–Trinajstić information content (AvgIpc) is 3.41. The minimum absolute atomic E-state index is 0.260. The number of anilines is 4. The Kier molecular flexibility index (Phi) is 11.1. The van der Waals surface area contributed by atoms with Crippen molar-refractivity contribution in [3.05, 3.63) is 269 Å². The van der Waals surface area contributed by atoms with Crippen LogP contribution in [0, 0.1) is 27.7 Å². The van der Waals surface area contributed by atoms with Crippen LogP contribution >= 0.6 is 0 Å². The van der Waals surface area contributed by atoms with Crippen LogP contribution in [0.2, 0.25) is 0 Å². The van der Waals surface area contributed by atoms with Gasteiger partial charge in [0.05, 0.1) is 11.4 Å². The molecule has 2 aliphatic rings. The molecule has 10 aromatic carbocycles. The lowest BCUT2D eigenvalue weighted by molar-refractivity contribution is 0.837. The molecule has 0 N–H and O–H groups in total. The first-order valence-corrected chi connectivity index (χ1v) is 24.9. The molecule has 0 bridgehead atoms. The van der Waals surface area contributed by atoms with Crippen molar-refractivity contribution in [3.63, 3.8) is 0 Å². The van der Waals surface area contributed by atoms with Gasteiger partial charge in [-0.15, -0.1) is 0 Å². The van der Waals surface area contributed by atoms with Gasteiger partial charge < -0.3 is 9.80 Å². The van der Waals surface area contributed by atoms with Crippen LogP contribution in [0.4, 0.5) is 22.7 Å². The molecule has 12 rings (SSSR count). The molecule has 338 valence electrons. The van der Waals surface area contributed by atoms with Crippen LogP contribution < -0.4 is 9.80 Å². The summed E-state index contributed by atoms with van der Waals surface area (Å²) in [6.07, 6.45) is 14.9. The van der Waals surface area contributed by atoms with Crippen molar-refractivity contribution in [2.24, 2.45) is 0 Å². The smallest absolute Gasteiger partial charge is 0.0540 e. The molecule has 0 radical (unpaired) electrons. The number of rotatable bonds is 10. The summed E-state index contributed by atoms with van der Waals surface area (Å²) in [4.78, 5) is 5.14. The van der Waals surface area contributed by atoms with Gasteiger partial charge in [0.2, 0.25) is 0 Å². The number of allylic oxidation sites excluding steroid dienone is 7. The molecule has 2 heteroatoms. The third kappa shape index (κ3) is 7.71. The number of hydrogen-bond donors (Lipinski definition) is 0. The summed E-state index contributed by atoms with van der Waals surface area (Å²) in [6.45, 7) is 8.96. The lowest BCUT2D eigenvalue weighted by Crippen LogP contribution is -2.20. The number of benzene rings is 10. The molecule has 1 atom stereocenters. The topological polar surface area (TPSA) is 6.48 Å². The lowest BCUT2D eigenvalue weighted by atomic mass is 9.89. The van der Waals surface area contributed by atoms with E-state index in [1.165, 1.54) is 128 Å². The van der Waals surface area contributed by atoms with Gasteiger partial charge in [0.1, 0.15) is 0 Å². The summed E-state index contributed by atoms with van der Waals surface area (Å²) >= 11 is 0. The summed E-state index contributed by atoms with van der Waals surface area (Å²) in [5.74, 6) is 0.260. The molecule has 2 nitrogen and oxygen atoms in total. The Bertz CT molecular complexity index is 3740. The lowest BCUT2D eigenvalue weighted by Gasteiger charge is -2.34. The van der Waals surface area contributed by atoms with Crippen molar-refractivity contribution in [1.29, 1.82) is 0 Å². The highest BCUT2D eigenvalue weighted by atomic mass is 15.2. The molecule has 0 saturated heterocycles. The Morgan fingerprint density at radius 3 is 1.57 bits per heavy atom. The fraction of sp³-hybridized carbons (Fsp3) is 0.118. The zero-order valence-electron chi connectivity index (χ0n) is 40.5. The van der Waals surface area contributed by atoms with Crippen molar-refractivity contribution < 1.29 is 0 Å². The second kappa shape index (κ2) is 18.0. The summed E-state index contributed by atoms with van der Waals surface area (Å²) in [5.41, 5.74) is 21.0. The van der Waals surface area contributed by atoms with Gasteiger partial charge >= 0.3 is 0 Å². The predicted octanol–water partition coefficient (Wildman–Crippen LogP) is 18.8. The van der Waals surface area contributed by atoms with E-state index in [4.69, 9.17) is 0 Å². The Morgan fingerprint density at radius 2 is 0.971 bits per heavy atom. The fourth-order valence-electron chi connectivity index (χ4n) is 11.3. The normalized spacial score (nSPS) is 14.7.